The topological polar surface area (TPSA) is 218 Å². The molecule has 0 fully saturated rings. The number of amides is 3. The first-order chi connectivity index (χ1) is 17.4. The van der Waals surface area contributed by atoms with Gasteiger partial charge in [0.1, 0.15) is 6.61 Å². The molecule has 0 radical (unpaired) electrons. The van der Waals surface area contributed by atoms with E-state index in [1.165, 1.54) is 7.11 Å². The second-order valence-electron chi connectivity index (χ2n) is 7.90. The predicted octanol–water partition coefficient (Wildman–Crippen LogP) is -1.25. The van der Waals surface area contributed by atoms with E-state index in [1.54, 1.807) is 22.6 Å². The van der Waals surface area contributed by atoms with Crippen LogP contribution in [0.15, 0.2) is 0 Å². The lowest BCUT2D eigenvalue weighted by atomic mass is 10.0. The monoisotopic (exact) mass is 865 g/mol. The zero-order valence-electron chi connectivity index (χ0n) is 19.7. The van der Waals surface area contributed by atoms with Gasteiger partial charge in [0.2, 0.25) is 5.91 Å². The summed E-state index contributed by atoms with van der Waals surface area (Å²) in [6, 6.07) is -1.83. The number of rotatable bonds is 15. The van der Waals surface area contributed by atoms with Crippen molar-refractivity contribution in [3.63, 3.8) is 0 Å². The molecule has 0 aliphatic carbocycles. The number of anilines is 1. The molecule has 9 N–H and O–H groups in total. The number of hydrogen-bond donors (Lipinski definition) is 9. The minimum Gasteiger partial charge on any atom is -0.394 e. The summed E-state index contributed by atoms with van der Waals surface area (Å²) in [5, 5.41) is 64.6. The Hall–Kier alpha value is -0.460. The largest absolute Gasteiger partial charge is 0.394 e. The van der Waals surface area contributed by atoms with Crippen LogP contribution in [0.2, 0.25) is 0 Å². The highest BCUT2D eigenvalue weighted by Crippen LogP contribution is 2.36. The SMILES string of the molecule is COCC(=O)Nc1c(I)c(C(=O)NC(CO)CC(O)CO)c(I)c(C(=O)NC(CO)CC(O)CO)c1I. The van der Waals surface area contributed by atoms with Gasteiger partial charge in [-0.3, -0.25) is 14.4 Å². The molecule has 0 saturated heterocycles. The molecule has 16 heteroatoms. The second-order valence-corrected chi connectivity index (χ2v) is 11.1. The molecule has 0 aliphatic heterocycles. The maximum atomic E-state index is 13.3. The highest BCUT2D eigenvalue weighted by molar-refractivity contribution is 14.1. The van der Waals surface area contributed by atoms with Gasteiger partial charge in [0.25, 0.3) is 11.8 Å². The molecule has 210 valence electrons. The van der Waals surface area contributed by atoms with Gasteiger partial charge in [0.15, 0.2) is 0 Å². The second kappa shape index (κ2) is 17.3. The Kier molecular flexibility index (Phi) is 16.1. The summed E-state index contributed by atoms with van der Waals surface area (Å²) in [5.41, 5.74) is 0.172. The molecule has 0 spiro atoms. The fourth-order valence-electron chi connectivity index (χ4n) is 3.16. The third-order valence-electron chi connectivity index (χ3n) is 4.96. The number of carbonyl (C=O) groups is 3. The normalized spacial score (nSPS) is 14.4. The van der Waals surface area contributed by atoms with Gasteiger partial charge in [0, 0.05) is 10.7 Å². The summed E-state index contributed by atoms with van der Waals surface area (Å²) < 4.78 is 5.62. The molecule has 0 bridgehead atoms. The molecule has 0 saturated carbocycles. The fourth-order valence-corrected chi connectivity index (χ4v) is 7.57. The number of carbonyl (C=O) groups excluding carboxylic acids is 3. The van der Waals surface area contributed by atoms with Crippen LogP contribution in [0.3, 0.4) is 0 Å². The van der Waals surface area contributed by atoms with Crippen molar-refractivity contribution in [2.24, 2.45) is 0 Å². The van der Waals surface area contributed by atoms with Crippen LogP contribution in [0.1, 0.15) is 33.6 Å². The molecule has 1 rings (SSSR count). The number of benzene rings is 1. The summed E-state index contributed by atoms with van der Waals surface area (Å²) in [6.07, 6.45) is -2.62. The number of halogens is 3. The van der Waals surface area contributed by atoms with Crippen molar-refractivity contribution in [2.45, 2.75) is 37.1 Å². The van der Waals surface area contributed by atoms with Gasteiger partial charge >= 0.3 is 0 Å². The van der Waals surface area contributed by atoms with E-state index in [0.717, 1.165) is 0 Å². The highest BCUT2D eigenvalue weighted by atomic mass is 127. The van der Waals surface area contributed by atoms with Crippen LogP contribution in [-0.2, 0) is 9.53 Å². The van der Waals surface area contributed by atoms with Crippen LogP contribution in [0, 0.1) is 10.7 Å². The molecule has 4 unspecified atom stereocenters. The molecule has 37 heavy (non-hydrogen) atoms. The van der Waals surface area contributed by atoms with Gasteiger partial charge in [0.05, 0.1) is 74.7 Å². The van der Waals surface area contributed by atoms with E-state index in [-0.39, 0.29) is 39.8 Å². The van der Waals surface area contributed by atoms with Crippen molar-refractivity contribution in [1.82, 2.24) is 10.6 Å². The number of hydrogen-bond acceptors (Lipinski definition) is 10. The molecule has 1 aromatic carbocycles. The lowest BCUT2D eigenvalue weighted by Gasteiger charge is -2.24. The third-order valence-corrected chi connectivity index (χ3v) is 8.19. The summed E-state index contributed by atoms with van der Waals surface area (Å²) in [5.74, 6) is -1.96. The Morgan fingerprint density at radius 1 is 0.757 bits per heavy atom. The molecular weight excluding hydrogens is 835 g/mol. The van der Waals surface area contributed by atoms with Gasteiger partial charge in [-0.2, -0.15) is 0 Å². The summed E-state index contributed by atoms with van der Waals surface area (Å²) in [4.78, 5) is 38.9. The third kappa shape index (κ3) is 10.2. The van der Waals surface area contributed by atoms with Gasteiger partial charge in [-0.1, -0.05) is 0 Å². The molecule has 4 atom stereocenters. The van der Waals surface area contributed by atoms with Gasteiger partial charge in [-0.05, 0) is 80.6 Å². The molecule has 0 aromatic heterocycles. The Bertz CT molecular complexity index is 892. The number of aliphatic hydroxyl groups is 6. The van der Waals surface area contributed by atoms with E-state index < -0.39 is 68.4 Å². The first-order valence-electron chi connectivity index (χ1n) is 10.9. The Balaban J connectivity index is 3.57. The number of aliphatic hydroxyl groups excluding tert-OH is 6. The zero-order valence-corrected chi connectivity index (χ0v) is 26.2. The van der Waals surface area contributed by atoms with Crippen LogP contribution in [0.4, 0.5) is 5.69 Å². The smallest absolute Gasteiger partial charge is 0.253 e. The number of nitrogens with one attached hydrogen (secondary N) is 3. The summed E-state index contributed by atoms with van der Waals surface area (Å²) in [6.45, 7) is -2.49. The van der Waals surface area contributed by atoms with E-state index >= 15 is 0 Å². The minimum absolute atomic E-state index is 0.00682. The van der Waals surface area contributed by atoms with Crippen molar-refractivity contribution < 1.29 is 49.8 Å². The first-order valence-corrected chi connectivity index (χ1v) is 14.1. The lowest BCUT2D eigenvalue weighted by Crippen LogP contribution is -2.43. The predicted molar refractivity (Wildman–Crippen MR) is 157 cm³/mol. The Labute approximate surface area is 254 Å². The van der Waals surface area contributed by atoms with Crippen molar-refractivity contribution in [1.29, 1.82) is 0 Å². The maximum absolute atomic E-state index is 13.3. The van der Waals surface area contributed by atoms with E-state index in [9.17, 15) is 34.8 Å². The molecule has 13 nitrogen and oxygen atoms in total. The van der Waals surface area contributed by atoms with Crippen LogP contribution in [-0.4, -0.2) is 113 Å². The van der Waals surface area contributed by atoms with Crippen LogP contribution in [0.5, 0.6) is 0 Å². The maximum Gasteiger partial charge on any atom is 0.253 e. The van der Waals surface area contributed by atoms with Crippen LogP contribution >= 0.6 is 67.8 Å². The Morgan fingerprint density at radius 2 is 1.16 bits per heavy atom. The Morgan fingerprint density at radius 3 is 1.49 bits per heavy atom. The quantitative estimate of drug-likeness (QED) is 0.0956. The van der Waals surface area contributed by atoms with E-state index in [0.29, 0.717) is 7.14 Å². The van der Waals surface area contributed by atoms with Gasteiger partial charge in [-0.25, -0.2) is 0 Å². The highest BCUT2D eigenvalue weighted by Gasteiger charge is 2.30. The van der Waals surface area contributed by atoms with Gasteiger partial charge < -0.3 is 51.3 Å². The standard InChI is InChI=1S/C21H30I3N3O10/c1-37-8-13(34)27-19-17(23)14(20(35)25-9(4-28)2-11(32)6-30)16(22)15(18(19)24)21(36)26-10(5-29)3-12(33)7-31/h9-12,28-33H,2-8H2,1H3,(H,25,35)(H,26,36)(H,27,34). The van der Waals surface area contributed by atoms with Crippen molar-refractivity contribution in [3.8, 4) is 0 Å². The van der Waals surface area contributed by atoms with E-state index in [4.69, 9.17) is 14.9 Å². The first kappa shape index (κ1) is 34.6. The van der Waals surface area contributed by atoms with Gasteiger partial charge in [-0.15, -0.1) is 0 Å². The minimum atomic E-state index is -1.18. The van der Waals surface area contributed by atoms with Crippen molar-refractivity contribution >= 4 is 91.2 Å². The zero-order chi connectivity index (χ0) is 28.3. The average molecular weight is 865 g/mol. The van der Waals surface area contributed by atoms with Crippen LogP contribution in [0.25, 0.3) is 0 Å². The van der Waals surface area contributed by atoms with E-state index in [1.807, 2.05) is 45.2 Å². The number of methoxy groups -OCH3 is 1. The lowest BCUT2D eigenvalue weighted by molar-refractivity contribution is -0.119. The summed E-state index contributed by atoms with van der Waals surface area (Å²) >= 11 is 5.49. The van der Waals surface area contributed by atoms with Crippen molar-refractivity contribution in [2.75, 3.05) is 45.5 Å². The molecule has 1 aromatic rings. The molecular formula is C21H30I3N3O10. The van der Waals surface area contributed by atoms with Crippen LogP contribution < -0.4 is 16.0 Å². The van der Waals surface area contributed by atoms with E-state index in [2.05, 4.69) is 16.0 Å². The van der Waals surface area contributed by atoms with Crippen molar-refractivity contribution in [3.05, 3.63) is 21.8 Å². The molecule has 0 aliphatic rings. The molecule has 0 heterocycles. The average Bonchev–Trinajstić information content (AvgIpc) is 2.85. The summed E-state index contributed by atoms with van der Waals surface area (Å²) in [7, 11) is 1.33. The number of ether oxygens (including phenoxy) is 1. The molecule has 3 amide bonds. The fraction of sp³-hybridized carbons (Fsp3) is 0.571.